The van der Waals surface area contributed by atoms with E-state index in [1.807, 2.05) is 31.2 Å². The number of nitrogens with one attached hydrogen (secondary N) is 3. The number of anilines is 3. The summed E-state index contributed by atoms with van der Waals surface area (Å²) >= 11 is 1.42. The molecule has 0 spiro atoms. The fourth-order valence-corrected chi connectivity index (χ4v) is 4.19. The first kappa shape index (κ1) is 22.0. The van der Waals surface area contributed by atoms with Gasteiger partial charge in [-0.3, -0.25) is 15.3 Å². The van der Waals surface area contributed by atoms with Crippen LogP contribution < -0.4 is 16.0 Å². The maximum absolute atomic E-state index is 11.8. The van der Waals surface area contributed by atoms with E-state index in [-0.39, 0.29) is 17.5 Å². The van der Waals surface area contributed by atoms with Crippen molar-refractivity contribution in [2.75, 3.05) is 23.3 Å². The molecule has 9 nitrogen and oxygen atoms in total. The summed E-state index contributed by atoms with van der Waals surface area (Å²) in [7, 11) is 0. The number of aryl methyl sites for hydroxylation is 1. The summed E-state index contributed by atoms with van der Waals surface area (Å²) in [5, 5.41) is 19.0. The van der Waals surface area contributed by atoms with Gasteiger partial charge in [-0.25, -0.2) is 9.97 Å². The van der Waals surface area contributed by atoms with E-state index in [4.69, 9.17) is 16.1 Å². The molecular weight excluding hydrogens is 424 g/mol. The van der Waals surface area contributed by atoms with E-state index < -0.39 is 0 Å². The topological polar surface area (TPSA) is 137 Å². The number of hydrogen-bond acceptors (Lipinski definition) is 9. The van der Waals surface area contributed by atoms with Gasteiger partial charge in [0.25, 0.3) is 0 Å². The molecule has 1 aromatic carbocycles. The molecule has 32 heavy (non-hydrogen) atoms. The highest BCUT2D eigenvalue weighted by Crippen LogP contribution is 2.30. The van der Waals surface area contributed by atoms with Crippen LogP contribution in [0.15, 0.2) is 46.5 Å². The van der Waals surface area contributed by atoms with Crippen molar-refractivity contribution in [3.63, 3.8) is 0 Å². The van der Waals surface area contributed by atoms with Crippen molar-refractivity contribution in [3.05, 3.63) is 47.7 Å². The lowest BCUT2D eigenvalue weighted by molar-refractivity contribution is -0.112. The van der Waals surface area contributed by atoms with E-state index in [2.05, 4.69) is 25.4 Å². The number of ketones is 1. The summed E-state index contributed by atoms with van der Waals surface area (Å²) in [6.07, 6.45) is 1.25. The van der Waals surface area contributed by atoms with Gasteiger partial charge in [0.05, 0.1) is 0 Å². The Morgan fingerprint density at radius 3 is 2.69 bits per heavy atom. The number of hydrogen-bond donors (Lipinski definition) is 4. The summed E-state index contributed by atoms with van der Waals surface area (Å²) in [5.74, 6) is 1.98. The van der Waals surface area contributed by atoms with Crippen molar-refractivity contribution in [1.29, 1.82) is 5.41 Å². The molecule has 0 amide bonds. The highest BCUT2D eigenvalue weighted by molar-refractivity contribution is 7.99. The molecule has 2 aromatic heterocycles. The molecule has 10 heteroatoms. The predicted octanol–water partition coefficient (Wildman–Crippen LogP) is 3.29. The van der Waals surface area contributed by atoms with Gasteiger partial charge in [0.15, 0.2) is 16.8 Å². The highest BCUT2D eigenvalue weighted by atomic mass is 32.2. The van der Waals surface area contributed by atoms with E-state index in [0.717, 1.165) is 35.9 Å². The van der Waals surface area contributed by atoms with Crippen LogP contribution in [0.25, 0.3) is 0 Å². The summed E-state index contributed by atoms with van der Waals surface area (Å²) in [4.78, 5) is 24.3. The first-order valence-corrected chi connectivity index (χ1v) is 11.3. The zero-order valence-electron chi connectivity index (χ0n) is 18.1. The van der Waals surface area contributed by atoms with Gasteiger partial charge < -0.3 is 16.0 Å². The molecule has 1 unspecified atom stereocenters. The molecule has 0 bridgehead atoms. The van der Waals surface area contributed by atoms with Crippen LogP contribution in [-0.2, 0) is 4.79 Å². The monoisotopic (exact) mass is 450 g/mol. The number of Topliss-reactive ketones (excluding diaryl/α,β-unsaturated/α-hetero) is 1. The van der Waals surface area contributed by atoms with Gasteiger partial charge >= 0.3 is 0 Å². The molecule has 1 saturated heterocycles. The Morgan fingerprint density at radius 2 is 2.06 bits per heavy atom. The lowest BCUT2D eigenvalue weighted by Crippen LogP contribution is -2.27. The zero-order valence-corrected chi connectivity index (χ0v) is 18.9. The SMILES string of the molecule is CCC(=O)C(=N)c1ccc(Sc2nc(Nc3cc(C)[nH]n3)cc(N3CCC(N)C3)n2)cc1. The minimum Gasteiger partial charge on any atom is -0.355 e. The maximum atomic E-state index is 11.8. The van der Waals surface area contributed by atoms with Crippen molar-refractivity contribution >= 4 is 40.7 Å². The van der Waals surface area contributed by atoms with Gasteiger partial charge in [-0.2, -0.15) is 5.10 Å². The average molecular weight is 451 g/mol. The van der Waals surface area contributed by atoms with Crippen LogP contribution in [-0.4, -0.2) is 50.8 Å². The Labute approximate surface area is 190 Å². The van der Waals surface area contributed by atoms with Crippen LogP contribution in [0.2, 0.25) is 0 Å². The molecular formula is C22H26N8OS. The number of carbonyl (C=O) groups is 1. The minimum atomic E-state index is -0.172. The normalized spacial score (nSPS) is 15.7. The highest BCUT2D eigenvalue weighted by Gasteiger charge is 2.22. The molecule has 1 aliphatic rings. The molecule has 0 saturated carbocycles. The Bertz CT molecular complexity index is 1130. The minimum absolute atomic E-state index is 0.0356. The van der Waals surface area contributed by atoms with E-state index in [9.17, 15) is 4.79 Å². The Balaban J connectivity index is 1.58. The summed E-state index contributed by atoms with van der Waals surface area (Å²) in [6.45, 7) is 5.30. The summed E-state index contributed by atoms with van der Waals surface area (Å²) < 4.78 is 0. The predicted molar refractivity (Wildman–Crippen MR) is 126 cm³/mol. The molecule has 4 rings (SSSR count). The third-order valence-electron chi connectivity index (χ3n) is 5.15. The third kappa shape index (κ3) is 5.14. The molecule has 0 radical (unpaired) electrons. The molecule has 5 N–H and O–H groups in total. The van der Waals surface area contributed by atoms with Crippen LogP contribution in [0, 0.1) is 12.3 Å². The lowest BCUT2D eigenvalue weighted by atomic mass is 10.1. The lowest BCUT2D eigenvalue weighted by Gasteiger charge is -2.18. The van der Waals surface area contributed by atoms with Crippen LogP contribution >= 0.6 is 11.8 Å². The molecule has 1 fully saturated rings. The number of carbonyl (C=O) groups excluding carboxylic acids is 1. The second-order valence-electron chi connectivity index (χ2n) is 7.73. The van der Waals surface area contributed by atoms with Crippen molar-refractivity contribution in [3.8, 4) is 0 Å². The fourth-order valence-electron chi connectivity index (χ4n) is 3.43. The smallest absolute Gasteiger partial charge is 0.196 e. The third-order valence-corrected chi connectivity index (χ3v) is 6.03. The molecule has 1 atom stereocenters. The summed E-state index contributed by atoms with van der Waals surface area (Å²) in [5.41, 5.74) is 7.69. The van der Waals surface area contributed by atoms with Crippen LogP contribution in [0.1, 0.15) is 31.0 Å². The number of nitrogens with two attached hydrogens (primary N) is 1. The van der Waals surface area contributed by atoms with E-state index in [0.29, 0.717) is 28.8 Å². The fraction of sp³-hybridized carbons (Fsp3) is 0.318. The number of aromatic nitrogens is 4. The largest absolute Gasteiger partial charge is 0.355 e. The standard InChI is InChI=1S/C22H26N8OS/c1-3-17(31)21(24)14-4-6-16(7-5-14)32-22-26-18(25-19-10-13(2)28-29-19)11-20(27-22)30-9-8-15(23)12-30/h4-7,10-11,15,24H,3,8-9,12,23H2,1-2H3,(H2,25,26,27,28,29). The van der Waals surface area contributed by atoms with Crippen LogP contribution in [0.5, 0.6) is 0 Å². The quantitative estimate of drug-likeness (QED) is 0.303. The summed E-state index contributed by atoms with van der Waals surface area (Å²) in [6, 6.07) is 11.3. The maximum Gasteiger partial charge on any atom is 0.196 e. The molecule has 3 heterocycles. The van der Waals surface area contributed by atoms with Crippen molar-refractivity contribution < 1.29 is 4.79 Å². The van der Waals surface area contributed by atoms with Crippen molar-refractivity contribution in [2.24, 2.45) is 5.73 Å². The Morgan fingerprint density at radius 1 is 1.28 bits per heavy atom. The van der Waals surface area contributed by atoms with Crippen molar-refractivity contribution in [1.82, 2.24) is 20.2 Å². The number of nitrogens with zero attached hydrogens (tertiary/aromatic N) is 4. The van der Waals surface area contributed by atoms with Gasteiger partial charge in [0.1, 0.15) is 17.3 Å². The van der Waals surface area contributed by atoms with Gasteiger partial charge in [0, 0.05) is 53.8 Å². The Hall–Kier alpha value is -3.24. The molecule has 3 aromatic rings. The van der Waals surface area contributed by atoms with Gasteiger partial charge in [-0.15, -0.1) is 0 Å². The molecule has 166 valence electrons. The average Bonchev–Trinajstić information content (AvgIpc) is 3.41. The first-order valence-electron chi connectivity index (χ1n) is 10.5. The Kier molecular flexibility index (Phi) is 6.52. The molecule has 0 aliphatic carbocycles. The molecule has 1 aliphatic heterocycles. The first-order chi connectivity index (χ1) is 15.4. The van der Waals surface area contributed by atoms with Crippen LogP contribution in [0.4, 0.5) is 17.5 Å². The number of H-pyrrole nitrogens is 1. The second kappa shape index (κ2) is 9.49. The van der Waals surface area contributed by atoms with Crippen molar-refractivity contribution in [2.45, 2.75) is 42.8 Å². The van der Waals surface area contributed by atoms with Gasteiger partial charge in [0.2, 0.25) is 0 Å². The number of rotatable bonds is 8. The van der Waals surface area contributed by atoms with Gasteiger partial charge in [-0.05, 0) is 37.2 Å². The van der Waals surface area contributed by atoms with E-state index in [1.165, 1.54) is 11.8 Å². The zero-order chi connectivity index (χ0) is 22.7. The number of benzene rings is 1. The van der Waals surface area contributed by atoms with E-state index >= 15 is 0 Å². The van der Waals surface area contributed by atoms with Crippen LogP contribution in [0.3, 0.4) is 0 Å². The number of aromatic amines is 1. The second-order valence-corrected chi connectivity index (χ2v) is 8.77. The van der Waals surface area contributed by atoms with E-state index in [1.54, 1.807) is 19.1 Å². The van der Waals surface area contributed by atoms with Gasteiger partial charge in [-0.1, -0.05) is 19.1 Å².